The van der Waals surface area contributed by atoms with E-state index in [9.17, 15) is 9.59 Å². The van der Waals surface area contributed by atoms with E-state index in [0.717, 1.165) is 35.0 Å². The van der Waals surface area contributed by atoms with Crippen LogP contribution in [0.2, 0.25) is 0 Å². The van der Waals surface area contributed by atoms with Crippen LogP contribution in [0.25, 0.3) is 10.9 Å². The third-order valence-electron chi connectivity index (χ3n) is 4.62. The first kappa shape index (κ1) is 14.6. The lowest BCUT2D eigenvalue weighted by Gasteiger charge is -2.23. The first-order valence-electron chi connectivity index (χ1n) is 7.59. The van der Waals surface area contributed by atoms with E-state index in [1.165, 1.54) is 0 Å². The van der Waals surface area contributed by atoms with Gasteiger partial charge in [0, 0.05) is 23.7 Å². The van der Waals surface area contributed by atoms with E-state index in [1.807, 2.05) is 32.0 Å². The number of likely N-dealkylation sites (tertiary alicyclic amines) is 1. The Morgan fingerprint density at radius 2 is 2.14 bits per heavy atom. The SMILES string of the molecule is Cc1[nH]c2c(C(=O)N3CCCC3CC(=O)O)cccc2c1C. The zero-order chi connectivity index (χ0) is 15.9. The summed E-state index contributed by atoms with van der Waals surface area (Å²) in [7, 11) is 0. The molecule has 22 heavy (non-hydrogen) atoms. The fraction of sp³-hybridized carbons (Fsp3) is 0.412. The van der Waals surface area contributed by atoms with Crippen LogP contribution >= 0.6 is 0 Å². The van der Waals surface area contributed by atoms with Crippen LogP contribution in [0.3, 0.4) is 0 Å². The summed E-state index contributed by atoms with van der Waals surface area (Å²) < 4.78 is 0. The smallest absolute Gasteiger partial charge is 0.305 e. The van der Waals surface area contributed by atoms with Crippen molar-refractivity contribution in [3.8, 4) is 0 Å². The molecule has 1 fully saturated rings. The van der Waals surface area contributed by atoms with Gasteiger partial charge in [-0.25, -0.2) is 0 Å². The number of carbonyl (C=O) groups is 2. The summed E-state index contributed by atoms with van der Waals surface area (Å²) in [6.07, 6.45) is 1.64. The minimum atomic E-state index is -0.852. The number of H-pyrrole nitrogens is 1. The summed E-state index contributed by atoms with van der Waals surface area (Å²) in [6, 6.07) is 5.51. The van der Waals surface area contributed by atoms with E-state index in [4.69, 9.17) is 5.11 Å². The molecule has 1 unspecified atom stereocenters. The molecule has 116 valence electrons. The zero-order valence-corrected chi connectivity index (χ0v) is 12.8. The number of carboxylic acids is 1. The topological polar surface area (TPSA) is 73.4 Å². The Morgan fingerprint density at radius 1 is 1.36 bits per heavy atom. The van der Waals surface area contributed by atoms with Crippen LogP contribution < -0.4 is 0 Å². The van der Waals surface area contributed by atoms with Gasteiger partial charge in [0.1, 0.15) is 0 Å². The molecule has 1 aliphatic heterocycles. The lowest BCUT2D eigenvalue weighted by molar-refractivity contribution is -0.137. The lowest BCUT2D eigenvalue weighted by Crippen LogP contribution is -2.36. The van der Waals surface area contributed by atoms with E-state index in [-0.39, 0.29) is 18.4 Å². The normalized spacial score (nSPS) is 18.1. The largest absolute Gasteiger partial charge is 0.481 e. The average Bonchev–Trinajstić information content (AvgIpc) is 3.03. The molecule has 1 atom stereocenters. The summed E-state index contributed by atoms with van der Waals surface area (Å²) in [6.45, 7) is 4.66. The quantitative estimate of drug-likeness (QED) is 0.915. The number of nitrogens with zero attached hydrogens (tertiary/aromatic N) is 1. The second-order valence-corrected chi connectivity index (χ2v) is 6.00. The number of aryl methyl sites for hydroxylation is 2. The van der Waals surface area contributed by atoms with Gasteiger partial charge < -0.3 is 15.0 Å². The predicted molar refractivity (Wildman–Crippen MR) is 84.1 cm³/mol. The number of nitrogens with one attached hydrogen (secondary N) is 1. The molecular weight excluding hydrogens is 280 g/mol. The highest BCUT2D eigenvalue weighted by molar-refractivity contribution is 6.07. The Hall–Kier alpha value is -2.30. The van der Waals surface area contributed by atoms with Gasteiger partial charge in [-0.2, -0.15) is 0 Å². The van der Waals surface area contributed by atoms with Crippen LogP contribution in [0, 0.1) is 13.8 Å². The first-order valence-corrected chi connectivity index (χ1v) is 7.59. The van der Waals surface area contributed by atoms with Crippen molar-refractivity contribution in [2.45, 2.75) is 39.2 Å². The van der Waals surface area contributed by atoms with Gasteiger partial charge in [0.2, 0.25) is 0 Å². The molecule has 1 aromatic carbocycles. The van der Waals surface area contributed by atoms with E-state index in [1.54, 1.807) is 4.90 Å². The number of aliphatic carboxylic acids is 1. The molecule has 1 aromatic heterocycles. The number of para-hydroxylation sites is 1. The van der Waals surface area contributed by atoms with Crippen molar-refractivity contribution in [2.75, 3.05) is 6.54 Å². The number of fused-ring (bicyclic) bond motifs is 1. The Morgan fingerprint density at radius 3 is 2.86 bits per heavy atom. The molecule has 1 amide bonds. The molecule has 0 bridgehead atoms. The third-order valence-corrected chi connectivity index (χ3v) is 4.62. The summed E-state index contributed by atoms with van der Waals surface area (Å²) >= 11 is 0. The summed E-state index contributed by atoms with van der Waals surface area (Å²) in [5, 5.41) is 10.1. The molecule has 0 aliphatic carbocycles. The van der Waals surface area contributed by atoms with Crippen molar-refractivity contribution in [3.63, 3.8) is 0 Å². The Labute approximate surface area is 128 Å². The molecule has 2 aromatic rings. The van der Waals surface area contributed by atoms with Crippen molar-refractivity contribution < 1.29 is 14.7 Å². The summed E-state index contributed by atoms with van der Waals surface area (Å²) in [4.78, 5) is 28.9. The molecule has 1 aliphatic rings. The molecule has 0 radical (unpaired) electrons. The van der Waals surface area contributed by atoms with Crippen LogP contribution in [0.15, 0.2) is 18.2 Å². The van der Waals surface area contributed by atoms with Gasteiger partial charge in [0.25, 0.3) is 5.91 Å². The van der Waals surface area contributed by atoms with Crippen LogP contribution in [-0.2, 0) is 4.79 Å². The first-order chi connectivity index (χ1) is 10.5. The number of carbonyl (C=O) groups excluding carboxylic acids is 1. The van der Waals surface area contributed by atoms with E-state index in [2.05, 4.69) is 4.98 Å². The maximum absolute atomic E-state index is 12.9. The Bertz CT molecular complexity index is 748. The molecule has 1 saturated heterocycles. The molecule has 2 N–H and O–H groups in total. The fourth-order valence-corrected chi connectivity index (χ4v) is 3.33. The number of benzene rings is 1. The highest BCUT2D eigenvalue weighted by atomic mass is 16.4. The lowest BCUT2D eigenvalue weighted by atomic mass is 10.1. The van der Waals surface area contributed by atoms with E-state index >= 15 is 0 Å². The molecule has 5 nitrogen and oxygen atoms in total. The van der Waals surface area contributed by atoms with Gasteiger partial charge in [-0.15, -0.1) is 0 Å². The Balaban J connectivity index is 1.98. The van der Waals surface area contributed by atoms with Crippen molar-refractivity contribution in [1.82, 2.24) is 9.88 Å². The number of hydrogen-bond acceptors (Lipinski definition) is 2. The van der Waals surface area contributed by atoms with Gasteiger partial charge in [0.05, 0.1) is 17.5 Å². The molecule has 0 spiro atoms. The van der Waals surface area contributed by atoms with Crippen LogP contribution in [0.1, 0.15) is 40.9 Å². The summed E-state index contributed by atoms with van der Waals surface area (Å²) in [5.74, 6) is -0.926. The number of hydrogen-bond donors (Lipinski definition) is 2. The van der Waals surface area contributed by atoms with Gasteiger partial charge in [0.15, 0.2) is 0 Å². The van der Waals surface area contributed by atoms with Crippen molar-refractivity contribution in [2.24, 2.45) is 0 Å². The molecule has 2 heterocycles. The number of carboxylic acid groups (broad SMARTS) is 1. The van der Waals surface area contributed by atoms with Crippen LogP contribution in [-0.4, -0.2) is 39.5 Å². The Kier molecular flexibility index (Phi) is 3.64. The minimum absolute atomic E-state index is 0.0184. The molecule has 0 saturated carbocycles. The average molecular weight is 300 g/mol. The fourth-order valence-electron chi connectivity index (χ4n) is 3.33. The minimum Gasteiger partial charge on any atom is -0.481 e. The van der Waals surface area contributed by atoms with Crippen LogP contribution in [0.5, 0.6) is 0 Å². The van der Waals surface area contributed by atoms with Gasteiger partial charge in [-0.3, -0.25) is 9.59 Å². The summed E-state index contributed by atoms with van der Waals surface area (Å²) in [5.41, 5.74) is 3.68. The second-order valence-electron chi connectivity index (χ2n) is 6.00. The van der Waals surface area contributed by atoms with E-state index < -0.39 is 5.97 Å². The maximum Gasteiger partial charge on any atom is 0.305 e. The van der Waals surface area contributed by atoms with Gasteiger partial charge >= 0.3 is 5.97 Å². The third kappa shape index (κ3) is 2.36. The predicted octanol–water partition coefficient (Wildman–Crippen LogP) is 2.86. The number of amides is 1. The molecule has 3 rings (SSSR count). The van der Waals surface area contributed by atoms with Crippen LogP contribution in [0.4, 0.5) is 0 Å². The standard InChI is InChI=1S/C17H20N2O3/c1-10-11(2)18-16-13(10)6-3-7-14(16)17(22)19-8-4-5-12(19)9-15(20)21/h3,6-7,12,18H,4-5,8-9H2,1-2H3,(H,20,21). The zero-order valence-electron chi connectivity index (χ0n) is 12.8. The van der Waals surface area contributed by atoms with E-state index in [0.29, 0.717) is 12.1 Å². The van der Waals surface area contributed by atoms with Crippen molar-refractivity contribution >= 4 is 22.8 Å². The number of aromatic nitrogens is 1. The molecular formula is C17H20N2O3. The highest BCUT2D eigenvalue weighted by Gasteiger charge is 2.31. The maximum atomic E-state index is 12.9. The van der Waals surface area contributed by atoms with Gasteiger partial charge in [-0.05, 0) is 38.3 Å². The van der Waals surface area contributed by atoms with Crippen molar-refractivity contribution in [1.29, 1.82) is 0 Å². The number of aromatic amines is 1. The molecule has 5 heteroatoms. The van der Waals surface area contributed by atoms with Gasteiger partial charge in [-0.1, -0.05) is 12.1 Å². The second kappa shape index (κ2) is 5.48. The van der Waals surface area contributed by atoms with Crippen molar-refractivity contribution in [3.05, 3.63) is 35.0 Å². The number of rotatable bonds is 3. The monoisotopic (exact) mass is 300 g/mol. The highest BCUT2D eigenvalue weighted by Crippen LogP contribution is 2.28.